The second-order valence-electron chi connectivity index (χ2n) is 11.8. The Morgan fingerprint density at radius 1 is 0.500 bits per heavy atom. The van der Waals surface area contributed by atoms with Crippen molar-refractivity contribution < 1.29 is 0 Å². The highest BCUT2D eigenvalue weighted by Crippen LogP contribution is 2.53. The number of hydrogen-bond acceptors (Lipinski definition) is 1. The summed E-state index contributed by atoms with van der Waals surface area (Å²) in [6.45, 7) is 0. The van der Waals surface area contributed by atoms with Crippen molar-refractivity contribution in [3.05, 3.63) is 139 Å². The Kier molecular flexibility index (Phi) is 5.69. The summed E-state index contributed by atoms with van der Waals surface area (Å²) in [6, 6.07) is 49.2. The Morgan fingerprint density at radius 2 is 1.12 bits per heavy atom. The normalized spacial score (nSPS) is 19.9. The number of rotatable bonds is 5. The minimum atomic E-state index is 0.743. The van der Waals surface area contributed by atoms with E-state index in [1.54, 1.807) is 0 Å². The Hall–Kier alpha value is -4.36. The van der Waals surface area contributed by atoms with Crippen LogP contribution in [0.2, 0.25) is 0 Å². The number of benzene rings is 6. The van der Waals surface area contributed by atoms with Crippen molar-refractivity contribution in [2.75, 3.05) is 4.90 Å². The van der Waals surface area contributed by atoms with Crippen LogP contribution in [0.15, 0.2) is 133 Å². The van der Waals surface area contributed by atoms with E-state index in [9.17, 15) is 0 Å². The molecular weight excluding hydrogens is 482 g/mol. The van der Waals surface area contributed by atoms with Gasteiger partial charge in [-0.15, -0.1) is 0 Å². The fourth-order valence-electron chi connectivity index (χ4n) is 7.60. The average Bonchev–Trinajstić information content (AvgIpc) is 3.67. The molecule has 0 aliphatic heterocycles. The van der Waals surface area contributed by atoms with Gasteiger partial charge in [0.2, 0.25) is 0 Å². The van der Waals surface area contributed by atoms with Gasteiger partial charge in [0.05, 0.1) is 5.69 Å². The number of nitrogens with zero attached hydrogens (tertiary/aromatic N) is 1. The van der Waals surface area contributed by atoms with E-state index in [0.29, 0.717) is 0 Å². The summed E-state index contributed by atoms with van der Waals surface area (Å²) in [5.41, 5.74) is 7.60. The number of hydrogen-bond donors (Lipinski definition) is 0. The van der Waals surface area contributed by atoms with E-state index in [0.717, 1.165) is 17.8 Å². The molecule has 2 fully saturated rings. The van der Waals surface area contributed by atoms with Crippen LogP contribution in [0.1, 0.15) is 37.2 Å². The van der Waals surface area contributed by atoms with Gasteiger partial charge in [0.1, 0.15) is 0 Å². The van der Waals surface area contributed by atoms with E-state index in [2.05, 4.69) is 138 Å². The van der Waals surface area contributed by atoms with E-state index in [1.165, 1.54) is 81.0 Å². The zero-order valence-corrected chi connectivity index (χ0v) is 22.7. The van der Waals surface area contributed by atoms with Crippen LogP contribution in [0, 0.1) is 11.8 Å². The van der Waals surface area contributed by atoms with Gasteiger partial charge < -0.3 is 4.90 Å². The van der Waals surface area contributed by atoms with Crippen LogP contribution in [0.5, 0.6) is 0 Å². The molecule has 0 saturated heterocycles. The molecule has 194 valence electrons. The van der Waals surface area contributed by atoms with E-state index >= 15 is 0 Å². The third kappa shape index (κ3) is 4.00. The molecule has 2 aliphatic carbocycles. The zero-order chi connectivity index (χ0) is 26.5. The summed E-state index contributed by atoms with van der Waals surface area (Å²) in [4.78, 5) is 2.45. The molecule has 0 heterocycles. The van der Waals surface area contributed by atoms with Crippen LogP contribution < -0.4 is 4.90 Å². The van der Waals surface area contributed by atoms with Gasteiger partial charge in [0.15, 0.2) is 0 Å². The molecule has 2 aliphatic rings. The summed E-state index contributed by atoms with van der Waals surface area (Å²) in [6.07, 6.45) is 5.68. The molecule has 1 nitrogen and oxygen atoms in total. The van der Waals surface area contributed by atoms with E-state index in [4.69, 9.17) is 0 Å². The van der Waals surface area contributed by atoms with Gasteiger partial charge >= 0.3 is 0 Å². The van der Waals surface area contributed by atoms with Crippen LogP contribution in [0.25, 0.3) is 32.7 Å². The van der Waals surface area contributed by atoms with E-state index in [-0.39, 0.29) is 0 Å². The first-order valence-corrected chi connectivity index (χ1v) is 14.8. The molecule has 40 heavy (non-hydrogen) atoms. The van der Waals surface area contributed by atoms with Gasteiger partial charge in [0, 0.05) is 16.8 Å². The monoisotopic (exact) mass is 515 g/mol. The van der Waals surface area contributed by atoms with Crippen molar-refractivity contribution in [3.8, 4) is 11.1 Å². The molecule has 3 atom stereocenters. The van der Waals surface area contributed by atoms with Gasteiger partial charge in [-0.2, -0.15) is 0 Å². The van der Waals surface area contributed by atoms with Crippen LogP contribution in [-0.2, 0) is 0 Å². The summed E-state index contributed by atoms with van der Waals surface area (Å²) in [7, 11) is 0. The lowest BCUT2D eigenvalue weighted by atomic mass is 9.83. The molecule has 0 N–H and O–H groups in total. The van der Waals surface area contributed by atoms with Crippen molar-refractivity contribution in [1.82, 2.24) is 0 Å². The smallest absolute Gasteiger partial charge is 0.0546 e. The molecule has 0 amide bonds. The Morgan fingerprint density at radius 3 is 1.82 bits per heavy atom. The molecular formula is C39H33N. The Labute approximate surface area is 236 Å². The predicted octanol–water partition coefficient (Wildman–Crippen LogP) is 11.0. The van der Waals surface area contributed by atoms with E-state index in [1.807, 2.05) is 0 Å². The number of fused-ring (bicyclic) bond motifs is 5. The standard InChI is InChI=1S/C39H33N/c1-2-8-28(9-3-1)29-16-20-33(21-17-29)40(34-22-18-30(19-23-34)38-25-27-14-15-32(38)24-27)39-26-31-10-4-5-11-35(31)36-12-6-7-13-37(36)39/h1-13,16-23,26-27,32,38H,14-15,24-25H2. The van der Waals surface area contributed by atoms with Crippen LogP contribution in [0.3, 0.4) is 0 Å². The predicted molar refractivity (Wildman–Crippen MR) is 170 cm³/mol. The summed E-state index contributed by atoms with van der Waals surface area (Å²) in [5.74, 6) is 2.59. The molecule has 6 aromatic carbocycles. The van der Waals surface area contributed by atoms with Crippen molar-refractivity contribution in [2.45, 2.75) is 31.6 Å². The SMILES string of the molecule is c1ccc(-c2ccc(N(c3ccc(C4CC5CCC4C5)cc3)c3cc4ccccc4c4ccccc34)cc2)cc1. The van der Waals surface area contributed by atoms with Crippen molar-refractivity contribution in [1.29, 1.82) is 0 Å². The second kappa shape index (κ2) is 9.68. The van der Waals surface area contributed by atoms with Gasteiger partial charge in [-0.1, -0.05) is 110 Å². The highest BCUT2D eigenvalue weighted by molar-refractivity contribution is 6.14. The quantitative estimate of drug-likeness (QED) is 0.206. The van der Waals surface area contributed by atoms with Crippen molar-refractivity contribution in [2.24, 2.45) is 11.8 Å². The molecule has 1 heteroatoms. The third-order valence-corrected chi connectivity index (χ3v) is 9.54. The molecule has 8 rings (SSSR count). The first kappa shape index (κ1) is 23.5. The molecule has 6 aromatic rings. The van der Waals surface area contributed by atoms with Crippen molar-refractivity contribution >= 4 is 38.6 Å². The first-order valence-electron chi connectivity index (χ1n) is 14.8. The lowest BCUT2D eigenvalue weighted by Crippen LogP contribution is -2.12. The highest BCUT2D eigenvalue weighted by atomic mass is 15.1. The van der Waals surface area contributed by atoms with Crippen LogP contribution in [-0.4, -0.2) is 0 Å². The maximum Gasteiger partial charge on any atom is 0.0546 e. The largest absolute Gasteiger partial charge is 0.310 e. The lowest BCUT2D eigenvalue weighted by molar-refractivity contribution is 0.420. The lowest BCUT2D eigenvalue weighted by Gasteiger charge is -2.29. The molecule has 0 radical (unpaired) electrons. The maximum absolute atomic E-state index is 2.45. The van der Waals surface area contributed by atoms with Gasteiger partial charge in [-0.3, -0.25) is 0 Å². The summed E-state index contributed by atoms with van der Waals surface area (Å²) < 4.78 is 0. The summed E-state index contributed by atoms with van der Waals surface area (Å²) >= 11 is 0. The average molecular weight is 516 g/mol. The third-order valence-electron chi connectivity index (χ3n) is 9.54. The molecule has 0 aromatic heterocycles. The number of anilines is 3. The Bertz CT molecular complexity index is 1800. The summed E-state index contributed by atoms with van der Waals surface area (Å²) in [5, 5.41) is 5.12. The fourth-order valence-corrected chi connectivity index (χ4v) is 7.60. The van der Waals surface area contributed by atoms with Crippen LogP contribution >= 0.6 is 0 Å². The Balaban J connectivity index is 1.28. The van der Waals surface area contributed by atoms with Crippen LogP contribution in [0.4, 0.5) is 17.1 Å². The topological polar surface area (TPSA) is 3.24 Å². The molecule has 2 bridgehead atoms. The van der Waals surface area contributed by atoms with Gasteiger partial charge in [-0.25, -0.2) is 0 Å². The first-order chi connectivity index (χ1) is 19.8. The minimum Gasteiger partial charge on any atom is -0.310 e. The highest BCUT2D eigenvalue weighted by Gasteiger charge is 2.40. The molecule has 3 unspecified atom stereocenters. The maximum atomic E-state index is 2.45. The van der Waals surface area contributed by atoms with Gasteiger partial charge in [-0.05, 0) is 100 Å². The molecule has 2 saturated carbocycles. The molecule has 0 spiro atoms. The van der Waals surface area contributed by atoms with E-state index < -0.39 is 0 Å². The fraction of sp³-hybridized carbons (Fsp3) is 0.179. The minimum absolute atomic E-state index is 0.743. The van der Waals surface area contributed by atoms with Crippen molar-refractivity contribution in [3.63, 3.8) is 0 Å². The zero-order valence-electron chi connectivity index (χ0n) is 22.7. The van der Waals surface area contributed by atoms with Gasteiger partial charge in [0.25, 0.3) is 0 Å². The second-order valence-corrected chi connectivity index (χ2v) is 11.8.